The van der Waals surface area contributed by atoms with Crippen LogP contribution in [-0.4, -0.2) is 34.8 Å². The van der Waals surface area contributed by atoms with Crippen molar-refractivity contribution in [3.05, 3.63) is 0 Å². The first-order valence-electron chi connectivity index (χ1n) is 8.75. The van der Waals surface area contributed by atoms with E-state index in [2.05, 4.69) is 5.32 Å². The SMILES string of the molecule is CC1C(=O)NC2(CCCCC2)C(=O)N1CC1CCCCC1. The number of hydrogen-bond donors (Lipinski definition) is 1. The highest BCUT2D eigenvalue weighted by atomic mass is 16.2. The molecular formula is C17H28N2O2. The van der Waals surface area contributed by atoms with Gasteiger partial charge < -0.3 is 10.2 Å². The van der Waals surface area contributed by atoms with Gasteiger partial charge >= 0.3 is 0 Å². The number of nitrogens with zero attached hydrogens (tertiary/aromatic N) is 1. The molecule has 3 rings (SSSR count). The lowest BCUT2D eigenvalue weighted by molar-refractivity contribution is -0.156. The number of carbonyl (C=O) groups is 2. The summed E-state index contributed by atoms with van der Waals surface area (Å²) >= 11 is 0. The molecule has 1 atom stereocenters. The molecule has 0 aromatic heterocycles. The Morgan fingerprint density at radius 3 is 2.33 bits per heavy atom. The third kappa shape index (κ3) is 2.82. The van der Waals surface area contributed by atoms with Crippen molar-refractivity contribution >= 4 is 11.8 Å². The Morgan fingerprint density at radius 1 is 1.05 bits per heavy atom. The molecule has 1 spiro atoms. The van der Waals surface area contributed by atoms with Crippen LogP contribution in [0.2, 0.25) is 0 Å². The fourth-order valence-electron chi connectivity index (χ4n) is 4.37. The highest BCUT2D eigenvalue weighted by Crippen LogP contribution is 2.34. The summed E-state index contributed by atoms with van der Waals surface area (Å²) in [5.41, 5.74) is -0.573. The highest BCUT2D eigenvalue weighted by molar-refractivity contribution is 5.99. The van der Waals surface area contributed by atoms with E-state index in [-0.39, 0.29) is 17.9 Å². The Morgan fingerprint density at radius 2 is 1.67 bits per heavy atom. The third-order valence-corrected chi connectivity index (χ3v) is 5.77. The average molecular weight is 292 g/mol. The van der Waals surface area contributed by atoms with Gasteiger partial charge in [0.1, 0.15) is 11.6 Å². The summed E-state index contributed by atoms with van der Waals surface area (Å²) in [5.74, 6) is 0.837. The van der Waals surface area contributed by atoms with Gasteiger partial charge in [0.15, 0.2) is 0 Å². The van der Waals surface area contributed by atoms with Crippen molar-refractivity contribution in [1.82, 2.24) is 10.2 Å². The Kier molecular flexibility index (Phi) is 4.23. The van der Waals surface area contributed by atoms with Crippen molar-refractivity contribution < 1.29 is 9.59 Å². The van der Waals surface area contributed by atoms with Gasteiger partial charge in [-0.25, -0.2) is 0 Å². The van der Waals surface area contributed by atoms with Crippen LogP contribution in [0.1, 0.15) is 71.1 Å². The lowest BCUT2D eigenvalue weighted by Crippen LogP contribution is -2.70. The molecule has 118 valence electrons. The third-order valence-electron chi connectivity index (χ3n) is 5.77. The van der Waals surface area contributed by atoms with E-state index in [1.807, 2.05) is 11.8 Å². The summed E-state index contributed by atoms with van der Waals surface area (Å²) in [4.78, 5) is 27.3. The van der Waals surface area contributed by atoms with Gasteiger partial charge in [0.2, 0.25) is 11.8 Å². The molecule has 2 aliphatic carbocycles. The number of piperazine rings is 1. The van der Waals surface area contributed by atoms with Crippen molar-refractivity contribution in [2.75, 3.05) is 6.54 Å². The summed E-state index contributed by atoms with van der Waals surface area (Å²) < 4.78 is 0. The molecular weight excluding hydrogens is 264 g/mol. The molecule has 4 heteroatoms. The van der Waals surface area contributed by atoms with E-state index in [1.54, 1.807) is 0 Å². The molecule has 2 amide bonds. The maximum absolute atomic E-state index is 13.0. The first-order chi connectivity index (χ1) is 10.1. The molecule has 1 unspecified atom stereocenters. The first-order valence-corrected chi connectivity index (χ1v) is 8.75. The normalized spacial score (nSPS) is 30.5. The molecule has 21 heavy (non-hydrogen) atoms. The van der Waals surface area contributed by atoms with E-state index >= 15 is 0 Å². The fraction of sp³-hybridized carbons (Fsp3) is 0.882. The van der Waals surface area contributed by atoms with Crippen molar-refractivity contribution in [3.63, 3.8) is 0 Å². The van der Waals surface area contributed by atoms with Gasteiger partial charge in [-0.15, -0.1) is 0 Å². The van der Waals surface area contributed by atoms with Crippen molar-refractivity contribution in [3.8, 4) is 0 Å². The Bertz CT molecular complexity index is 409. The van der Waals surface area contributed by atoms with Gasteiger partial charge in [-0.05, 0) is 38.5 Å². The summed E-state index contributed by atoms with van der Waals surface area (Å²) in [5, 5.41) is 3.07. The van der Waals surface area contributed by atoms with Crippen LogP contribution in [0.25, 0.3) is 0 Å². The minimum Gasteiger partial charge on any atom is -0.340 e. The van der Waals surface area contributed by atoms with Crippen LogP contribution in [0.4, 0.5) is 0 Å². The van der Waals surface area contributed by atoms with Crippen molar-refractivity contribution in [2.24, 2.45) is 5.92 Å². The van der Waals surface area contributed by atoms with Gasteiger partial charge in [0.05, 0.1) is 0 Å². The zero-order valence-electron chi connectivity index (χ0n) is 13.2. The van der Waals surface area contributed by atoms with E-state index in [0.29, 0.717) is 5.92 Å². The van der Waals surface area contributed by atoms with Crippen LogP contribution in [0, 0.1) is 5.92 Å². The van der Waals surface area contributed by atoms with E-state index < -0.39 is 5.54 Å². The van der Waals surface area contributed by atoms with Crippen LogP contribution >= 0.6 is 0 Å². The molecule has 4 nitrogen and oxygen atoms in total. The fourth-order valence-corrected chi connectivity index (χ4v) is 4.37. The second kappa shape index (κ2) is 5.98. The molecule has 0 bridgehead atoms. The van der Waals surface area contributed by atoms with Gasteiger partial charge in [-0.2, -0.15) is 0 Å². The van der Waals surface area contributed by atoms with Crippen LogP contribution in [-0.2, 0) is 9.59 Å². The maximum Gasteiger partial charge on any atom is 0.249 e. The van der Waals surface area contributed by atoms with E-state index in [4.69, 9.17) is 0 Å². The molecule has 1 saturated heterocycles. The molecule has 0 radical (unpaired) electrons. The molecule has 3 fully saturated rings. The maximum atomic E-state index is 13.0. The molecule has 0 aromatic rings. The lowest BCUT2D eigenvalue weighted by atomic mass is 9.78. The summed E-state index contributed by atoms with van der Waals surface area (Å²) in [6.45, 7) is 2.67. The second-order valence-corrected chi connectivity index (χ2v) is 7.27. The predicted octanol–water partition coefficient (Wildman–Crippen LogP) is 2.62. The monoisotopic (exact) mass is 292 g/mol. The molecule has 2 saturated carbocycles. The zero-order valence-corrected chi connectivity index (χ0v) is 13.2. The van der Waals surface area contributed by atoms with E-state index in [1.165, 1.54) is 38.5 Å². The number of amides is 2. The summed E-state index contributed by atoms with van der Waals surface area (Å²) in [6, 6.07) is -0.299. The standard InChI is InChI=1S/C17H28N2O2/c1-13-15(20)18-17(10-6-3-7-11-17)16(21)19(13)12-14-8-4-2-5-9-14/h13-14H,2-12H2,1H3,(H,18,20). The van der Waals surface area contributed by atoms with E-state index in [9.17, 15) is 9.59 Å². The number of hydrogen-bond acceptors (Lipinski definition) is 2. The zero-order chi connectivity index (χ0) is 14.9. The number of rotatable bonds is 2. The predicted molar refractivity (Wildman–Crippen MR) is 81.7 cm³/mol. The van der Waals surface area contributed by atoms with E-state index in [0.717, 1.165) is 32.2 Å². The lowest BCUT2D eigenvalue weighted by Gasteiger charge is -2.48. The molecule has 1 aliphatic heterocycles. The van der Waals surface area contributed by atoms with Crippen molar-refractivity contribution in [1.29, 1.82) is 0 Å². The molecule has 0 aromatic carbocycles. The minimum atomic E-state index is -0.573. The highest BCUT2D eigenvalue weighted by Gasteiger charge is 2.49. The topological polar surface area (TPSA) is 49.4 Å². The number of carbonyl (C=O) groups excluding carboxylic acids is 2. The van der Waals surface area contributed by atoms with Crippen LogP contribution in [0.5, 0.6) is 0 Å². The molecule has 1 heterocycles. The Balaban J connectivity index is 1.76. The quantitative estimate of drug-likeness (QED) is 0.850. The van der Waals surface area contributed by atoms with Crippen LogP contribution in [0.15, 0.2) is 0 Å². The first kappa shape index (κ1) is 14.9. The number of nitrogens with one attached hydrogen (secondary N) is 1. The van der Waals surface area contributed by atoms with Gasteiger partial charge in [-0.3, -0.25) is 9.59 Å². The Labute approximate surface area is 127 Å². The largest absolute Gasteiger partial charge is 0.340 e. The van der Waals surface area contributed by atoms with Crippen LogP contribution < -0.4 is 5.32 Å². The molecule has 1 N–H and O–H groups in total. The minimum absolute atomic E-state index is 0.0484. The van der Waals surface area contributed by atoms with Crippen LogP contribution in [0.3, 0.4) is 0 Å². The smallest absolute Gasteiger partial charge is 0.249 e. The summed E-state index contributed by atoms with van der Waals surface area (Å²) in [6.07, 6.45) is 11.2. The second-order valence-electron chi connectivity index (χ2n) is 7.27. The van der Waals surface area contributed by atoms with Crippen molar-refractivity contribution in [2.45, 2.75) is 82.7 Å². The summed E-state index contributed by atoms with van der Waals surface area (Å²) in [7, 11) is 0. The van der Waals surface area contributed by atoms with Gasteiger partial charge in [-0.1, -0.05) is 38.5 Å². The Hall–Kier alpha value is -1.06. The molecule has 3 aliphatic rings. The average Bonchev–Trinajstić information content (AvgIpc) is 2.52. The van der Waals surface area contributed by atoms with Gasteiger partial charge in [0, 0.05) is 6.54 Å². The van der Waals surface area contributed by atoms with Gasteiger partial charge in [0.25, 0.3) is 0 Å².